The van der Waals surface area contributed by atoms with Crippen molar-refractivity contribution in [2.24, 2.45) is 5.10 Å². The molecule has 1 aliphatic rings. The van der Waals surface area contributed by atoms with Gasteiger partial charge in [-0.1, -0.05) is 19.4 Å². The van der Waals surface area contributed by atoms with Crippen LogP contribution in [0.15, 0.2) is 47.6 Å². The SMILES string of the molecule is CCCCC1(NC(NC(=O)c2cccc(F)c2)N[C@@H](C)COC)CC(c2cc(F)cc(F)c2)=NN1. The minimum absolute atomic E-state index is 0.146. The van der Waals surface area contributed by atoms with Gasteiger partial charge in [-0.15, -0.1) is 0 Å². The first-order valence-corrected chi connectivity index (χ1v) is 11.6. The molecule has 0 aliphatic carbocycles. The summed E-state index contributed by atoms with van der Waals surface area (Å²) in [5.41, 5.74) is 3.31. The van der Waals surface area contributed by atoms with Gasteiger partial charge in [0.15, 0.2) is 0 Å². The third-order valence-electron chi connectivity index (χ3n) is 5.68. The van der Waals surface area contributed by atoms with Crippen molar-refractivity contribution in [1.29, 1.82) is 0 Å². The number of rotatable bonds is 12. The van der Waals surface area contributed by atoms with E-state index in [1.165, 1.54) is 30.3 Å². The van der Waals surface area contributed by atoms with Crippen molar-refractivity contribution in [2.75, 3.05) is 13.7 Å². The number of carbonyl (C=O) groups is 1. The van der Waals surface area contributed by atoms with Crippen LogP contribution in [0.3, 0.4) is 0 Å². The summed E-state index contributed by atoms with van der Waals surface area (Å²) in [7, 11) is 1.57. The van der Waals surface area contributed by atoms with E-state index in [1.54, 1.807) is 7.11 Å². The standard InChI is InChI=1S/C25H32F3N5O2/c1-4-5-9-25(14-22(32-33-25)18-11-20(27)13-21(28)12-18)31-24(29-16(2)15-35-3)30-23(34)17-7-6-8-19(26)10-17/h6-8,10-13,16,24,29,31,33H,4-5,9,14-15H2,1-3H3,(H,30,34)/t16-,24?,25?/m0/s1. The quantitative estimate of drug-likeness (QED) is 0.341. The molecule has 2 aromatic carbocycles. The fourth-order valence-electron chi connectivity index (χ4n) is 4.03. The molecule has 2 unspecified atom stereocenters. The Labute approximate surface area is 203 Å². The van der Waals surface area contributed by atoms with Crippen molar-refractivity contribution in [3.05, 3.63) is 71.0 Å². The van der Waals surface area contributed by atoms with Crippen molar-refractivity contribution in [3.8, 4) is 0 Å². The molecule has 4 N–H and O–H groups in total. The smallest absolute Gasteiger partial charge is 0.253 e. The fourth-order valence-corrected chi connectivity index (χ4v) is 4.03. The summed E-state index contributed by atoms with van der Waals surface area (Å²) >= 11 is 0. The molecule has 1 aliphatic heterocycles. The van der Waals surface area contributed by atoms with Gasteiger partial charge in [0.1, 0.15) is 29.4 Å². The lowest BCUT2D eigenvalue weighted by atomic mass is 9.94. The van der Waals surface area contributed by atoms with Crippen LogP contribution in [0, 0.1) is 17.5 Å². The molecule has 1 heterocycles. The summed E-state index contributed by atoms with van der Waals surface area (Å²) in [5, 5.41) is 13.9. The first-order valence-electron chi connectivity index (χ1n) is 11.6. The Morgan fingerprint density at radius 3 is 2.57 bits per heavy atom. The molecule has 0 aromatic heterocycles. The van der Waals surface area contributed by atoms with Gasteiger partial charge in [0.05, 0.1) is 12.3 Å². The van der Waals surface area contributed by atoms with Gasteiger partial charge in [-0.3, -0.25) is 20.9 Å². The Kier molecular flexibility index (Phi) is 9.25. The fraction of sp³-hybridized carbons (Fsp3) is 0.440. The summed E-state index contributed by atoms with van der Waals surface area (Å²) < 4.78 is 46.5. The van der Waals surface area contributed by atoms with Gasteiger partial charge in [0.25, 0.3) is 5.91 Å². The highest BCUT2D eigenvalue weighted by atomic mass is 19.1. The predicted octanol–water partition coefficient (Wildman–Crippen LogP) is 3.62. The van der Waals surface area contributed by atoms with Crippen LogP contribution in [0.2, 0.25) is 0 Å². The highest BCUT2D eigenvalue weighted by Gasteiger charge is 2.38. The van der Waals surface area contributed by atoms with Crippen LogP contribution < -0.4 is 21.4 Å². The molecule has 2 aromatic rings. The molecule has 0 bridgehead atoms. The largest absolute Gasteiger partial charge is 0.383 e. The zero-order valence-electron chi connectivity index (χ0n) is 20.1. The van der Waals surface area contributed by atoms with E-state index < -0.39 is 35.3 Å². The Morgan fingerprint density at radius 1 is 1.17 bits per heavy atom. The lowest BCUT2D eigenvalue weighted by molar-refractivity contribution is 0.0865. The van der Waals surface area contributed by atoms with E-state index in [0.717, 1.165) is 25.0 Å². The number of methoxy groups -OCH3 is 1. The third kappa shape index (κ3) is 7.51. The maximum absolute atomic E-state index is 13.8. The lowest BCUT2D eigenvalue weighted by Gasteiger charge is -2.36. The predicted molar refractivity (Wildman–Crippen MR) is 128 cm³/mol. The molecule has 7 nitrogen and oxygen atoms in total. The number of benzene rings is 2. The normalized spacial score (nSPS) is 19.1. The lowest BCUT2D eigenvalue weighted by Crippen LogP contribution is -2.67. The van der Waals surface area contributed by atoms with Crippen molar-refractivity contribution < 1.29 is 22.7 Å². The molecule has 35 heavy (non-hydrogen) atoms. The monoisotopic (exact) mass is 491 g/mol. The molecular formula is C25H32F3N5O2. The molecule has 1 amide bonds. The maximum Gasteiger partial charge on any atom is 0.253 e. The van der Waals surface area contributed by atoms with E-state index in [-0.39, 0.29) is 11.6 Å². The van der Waals surface area contributed by atoms with E-state index in [4.69, 9.17) is 4.74 Å². The van der Waals surface area contributed by atoms with Gasteiger partial charge in [0.2, 0.25) is 0 Å². The van der Waals surface area contributed by atoms with Gasteiger partial charge >= 0.3 is 0 Å². The zero-order valence-corrected chi connectivity index (χ0v) is 20.1. The van der Waals surface area contributed by atoms with Crippen LogP contribution in [0.25, 0.3) is 0 Å². The number of nitrogens with one attached hydrogen (secondary N) is 4. The van der Waals surface area contributed by atoms with E-state index >= 15 is 0 Å². The Hall–Kier alpha value is -2.95. The molecule has 0 radical (unpaired) electrons. The molecule has 3 rings (SSSR count). The van der Waals surface area contributed by atoms with Crippen LogP contribution in [-0.2, 0) is 4.74 Å². The number of ether oxygens (including phenoxy) is 1. The second kappa shape index (κ2) is 12.1. The van der Waals surface area contributed by atoms with Gasteiger partial charge in [-0.25, -0.2) is 13.2 Å². The Balaban J connectivity index is 1.82. The van der Waals surface area contributed by atoms with Crippen molar-refractivity contribution in [2.45, 2.75) is 57.5 Å². The first-order chi connectivity index (χ1) is 16.7. The zero-order chi connectivity index (χ0) is 25.4. The maximum atomic E-state index is 13.8. The third-order valence-corrected chi connectivity index (χ3v) is 5.68. The number of hydrazone groups is 1. The van der Waals surface area contributed by atoms with Gasteiger partial charge < -0.3 is 10.1 Å². The van der Waals surface area contributed by atoms with Crippen LogP contribution in [0.4, 0.5) is 13.2 Å². The van der Waals surface area contributed by atoms with Crippen LogP contribution in [-0.4, -0.2) is 43.3 Å². The van der Waals surface area contributed by atoms with E-state index in [9.17, 15) is 18.0 Å². The summed E-state index contributed by atoms with van der Waals surface area (Å²) in [6.45, 7) is 4.33. The highest BCUT2D eigenvalue weighted by Crippen LogP contribution is 2.25. The van der Waals surface area contributed by atoms with Gasteiger partial charge in [-0.05, 0) is 50.1 Å². The number of carbonyl (C=O) groups excluding carboxylic acids is 1. The summed E-state index contributed by atoms with van der Waals surface area (Å²) in [5.74, 6) is -2.36. The topological polar surface area (TPSA) is 86.8 Å². The molecule has 0 spiro atoms. The molecule has 0 fully saturated rings. The molecule has 190 valence electrons. The highest BCUT2D eigenvalue weighted by molar-refractivity contribution is 6.02. The van der Waals surface area contributed by atoms with Crippen LogP contribution in [0.1, 0.15) is 55.5 Å². The number of hydrogen-bond donors (Lipinski definition) is 4. The average molecular weight is 492 g/mol. The van der Waals surface area contributed by atoms with E-state index in [0.29, 0.717) is 30.7 Å². The Morgan fingerprint density at radius 2 is 1.91 bits per heavy atom. The Bertz CT molecular complexity index is 1030. The number of amides is 1. The number of nitrogens with zero attached hydrogens (tertiary/aromatic N) is 1. The van der Waals surface area contributed by atoms with Crippen molar-refractivity contribution in [3.63, 3.8) is 0 Å². The van der Waals surface area contributed by atoms with Crippen molar-refractivity contribution >= 4 is 11.6 Å². The first kappa shape index (κ1) is 26.7. The number of halogens is 3. The van der Waals surface area contributed by atoms with Crippen molar-refractivity contribution in [1.82, 2.24) is 21.4 Å². The van der Waals surface area contributed by atoms with Crippen LogP contribution in [0.5, 0.6) is 0 Å². The summed E-state index contributed by atoms with van der Waals surface area (Å²) in [4.78, 5) is 12.9. The summed E-state index contributed by atoms with van der Waals surface area (Å²) in [6.07, 6.45) is 1.93. The molecule has 10 heteroatoms. The second-order valence-corrected chi connectivity index (χ2v) is 8.78. The van der Waals surface area contributed by atoms with Gasteiger partial charge in [-0.2, -0.15) is 5.10 Å². The minimum atomic E-state index is -0.798. The number of hydrogen-bond acceptors (Lipinski definition) is 6. The minimum Gasteiger partial charge on any atom is -0.383 e. The van der Waals surface area contributed by atoms with E-state index in [2.05, 4.69) is 33.4 Å². The molecule has 0 saturated heterocycles. The summed E-state index contributed by atoms with van der Waals surface area (Å²) in [6, 6.07) is 8.55. The number of unbranched alkanes of at least 4 members (excludes halogenated alkanes) is 1. The second-order valence-electron chi connectivity index (χ2n) is 8.78. The van der Waals surface area contributed by atoms with Gasteiger partial charge in [0, 0.05) is 36.8 Å². The molecular weight excluding hydrogens is 459 g/mol. The average Bonchev–Trinajstić information content (AvgIpc) is 3.21. The van der Waals surface area contributed by atoms with E-state index in [1.807, 2.05) is 6.92 Å². The molecule has 0 saturated carbocycles. The van der Waals surface area contributed by atoms with Crippen LogP contribution >= 0.6 is 0 Å². The molecule has 3 atom stereocenters.